The number of aliphatic carboxylic acids is 1. The van der Waals surface area contributed by atoms with E-state index < -0.39 is 5.97 Å². The van der Waals surface area contributed by atoms with Gasteiger partial charge < -0.3 is 19.8 Å². The summed E-state index contributed by atoms with van der Waals surface area (Å²) < 4.78 is 4.96. The lowest BCUT2D eigenvalue weighted by Crippen LogP contribution is -2.31. The minimum Gasteiger partial charge on any atom is -0.481 e. The lowest BCUT2D eigenvalue weighted by Gasteiger charge is -2.36. The van der Waals surface area contributed by atoms with Gasteiger partial charge in [0.2, 0.25) is 0 Å². The number of H-pyrrole nitrogens is 2. The van der Waals surface area contributed by atoms with Crippen molar-refractivity contribution < 1.29 is 19.4 Å². The molecule has 0 spiro atoms. The number of rotatable bonds is 7. The SMILES string of the molecule is C=CC1=C(C)c2cc3nc(cc4[nH]c(cc5[nH]c(cc1n2)c(C)c5CCC(=O)OC)c(CCC(=O)O)c4C)[C@@]1(C)C3=CC=C(C)[C@H]1C. The number of carboxylic acids is 1. The number of fused-ring (bicyclic) bond motifs is 11. The summed E-state index contributed by atoms with van der Waals surface area (Å²) in [5, 5.41) is 9.62. The van der Waals surface area contributed by atoms with Crippen LogP contribution in [0.1, 0.15) is 85.6 Å². The second-order valence-electron chi connectivity index (χ2n) is 13.1. The molecule has 0 saturated carbocycles. The van der Waals surface area contributed by atoms with E-state index in [9.17, 15) is 14.7 Å². The van der Waals surface area contributed by atoms with E-state index in [0.29, 0.717) is 12.8 Å². The molecule has 6 rings (SSSR count). The predicted molar refractivity (Wildman–Crippen MR) is 188 cm³/mol. The first-order valence-electron chi connectivity index (χ1n) is 16.1. The number of allylic oxidation sites excluding steroid dienone is 7. The van der Waals surface area contributed by atoms with Crippen LogP contribution >= 0.6 is 0 Å². The van der Waals surface area contributed by atoms with Crippen LogP contribution in [0.5, 0.6) is 0 Å². The van der Waals surface area contributed by atoms with Crippen molar-refractivity contribution in [2.24, 2.45) is 5.92 Å². The van der Waals surface area contributed by atoms with Crippen molar-refractivity contribution in [2.45, 2.75) is 72.6 Å². The molecule has 3 aromatic heterocycles. The molecule has 3 N–H and O–H groups in total. The average Bonchev–Trinajstić information content (AvgIpc) is 3.69. The number of hydrogen-bond acceptors (Lipinski definition) is 5. The van der Waals surface area contributed by atoms with Gasteiger partial charge in [0, 0.05) is 45.9 Å². The molecular formula is C39H42N4O4. The fourth-order valence-electron chi connectivity index (χ4n) is 7.29. The topological polar surface area (TPSA) is 121 Å². The van der Waals surface area contributed by atoms with Gasteiger partial charge in [0.1, 0.15) is 0 Å². The average molecular weight is 631 g/mol. The molecule has 242 valence electrons. The molecule has 3 aromatic rings. The van der Waals surface area contributed by atoms with Crippen molar-refractivity contribution in [3.05, 3.63) is 99.7 Å². The van der Waals surface area contributed by atoms with E-state index in [1.54, 1.807) is 0 Å². The van der Waals surface area contributed by atoms with Crippen LogP contribution in [0.3, 0.4) is 0 Å². The summed E-state index contributed by atoms with van der Waals surface area (Å²) in [4.78, 5) is 41.6. The number of methoxy groups -OCH3 is 1. The van der Waals surface area contributed by atoms with Gasteiger partial charge in [-0.15, -0.1) is 0 Å². The van der Waals surface area contributed by atoms with Gasteiger partial charge in [-0.1, -0.05) is 37.3 Å². The van der Waals surface area contributed by atoms with Crippen LogP contribution in [0.4, 0.5) is 0 Å². The summed E-state index contributed by atoms with van der Waals surface area (Å²) in [5.41, 5.74) is 14.9. The minimum atomic E-state index is -0.850. The number of hydrogen-bond donors (Lipinski definition) is 3. The molecule has 1 aliphatic carbocycles. The lowest BCUT2D eigenvalue weighted by molar-refractivity contribution is -0.140. The molecule has 0 saturated heterocycles. The normalized spacial score (nSPS) is 18.8. The number of carbonyl (C=O) groups is 2. The molecule has 2 aliphatic heterocycles. The van der Waals surface area contributed by atoms with E-state index in [2.05, 4.69) is 68.5 Å². The molecule has 8 heteroatoms. The zero-order chi connectivity index (χ0) is 33.8. The Morgan fingerprint density at radius 2 is 1.53 bits per heavy atom. The van der Waals surface area contributed by atoms with Gasteiger partial charge in [0.25, 0.3) is 0 Å². The highest BCUT2D eigenvalue weighted by molar-refractivity contribution is 5.97. The van der Waals surface area contributed by atoms with Gasteiger partial charge in [-0.2, -0.15) is 0 Å². The van der Waals surface area contributed by atoms with E-state index in [1.165, 1.54) is 12.7 Å². The zero-order valence-electron chi connectivity index (χ0n) is 28.2. The molecule has 0 fully saturated rings. The zero-order valence-corrected chi connectivity index (χ0v) is 28.2. The molecule has 47 heavy (non-hydrogen) atoms. The number of aryl methyl sites for hydroxylation is 4. The molecule has 3 aliphatic rings. The number of aromatic amines is 2. The molecule has 8 bridgehead atoms. The Balaban J connectivity index is 1.76. The van der Waals surface area contributed by atoms with E-state index in [4.69, 9.17) is 14.7 Å². The third kappa shape index (κ3) is 5.35. The number of carboxylic acid groups (broad SMARTS) is 1. The molecule has 2 atom stereocenters. The Hall–Kier alpha value is -4.98. The minimum absolute atomic E-state index is 0.00482. The first-order chi connectivity index (χ1) is 22.4. The molecule has 0 amide bonds. The van der Waals surface area contributed by atoms with Gasteiger partial charge in [-0.3, -0.25) is 14.6 Å². The van der Waals surface area contributed by atoms with Crippen LogP contribution in [0.25, 0.3) is 38.8 Å². The molecule has 0 radical (unpaired) electrons. The molecule has 5 heterocycles. The molecule has 8 nitrogen and oxygen atoms in total. The summed E-state index contributed by atoms with van der Waals surface area (Å²) in [7, 11) is 1.40. The van der Waals surface area contributed by atoms with Crippen LogP contribution in [0, 0.1) is 19.8 Å². The third-order valence-corrected chi connectivity index (χ3v) is 10.6. The monoisotopic (exact) mass is 630 g/mol. The van der Waals surface area contributed by atoms with E-state index in [1.807, 2.05) is 32.1 Å². The van der Waals surface area contributed by atoms with Crippen molar-refractivity contribution in [2.75, 3.05) is 7.11 Å². The highest BCUT2D eigenvalue weighted by Gasteiger charge is 2.45. The number of ether oxygens (including phenoxy) is 1. The number of esters is 1. The van der Waals surface area contributed by atoms with Crippen molar-refractivity contribution in [1.82, 2.24) is 19.9 Å². The number of aromatic nitrogens is 4. The smallest absolute Gasteiger partial charge is 0.305 e. The number of nitrogens with zero attached hydrogens (tertiary/aromatic N) is 2. The third-order valence-electron chi connectivity index (χ3n) is 10.6. The Morgan fingerprint density at radius 1 is 0.894 bits per heavy atom. The van der Waals surface area contributed by atoms with Gasteiger partial charge in [-0.05, 0) is 111 Å². The van der Waals surface area contributed by atoms with Gasteiger partial charge in [-0.25, -0.2) is 4.98 Å². The van der Waals surface area contributed by atoms with E-state index in [-0.39, 0.29) is 30.1 Å². The fourth-order valence-corrected chi connectivity index (χ4v) is 7.29. The maximum absolute atomic E-state index is 12.2. The van der Waals surface area contributed by atoms with E-state index in [0.717, 1.165) is 83.8 Å². The second-order valence-corrected chi connectivity index (χ2v) is 13.1. The highest BCUT2D eigenvalue weighted by Crippen LogP contribution is 2.51. The Bertz CT molecular complexity index is 2120. The lowest BCUT2D eigenvalue weighted by atomic mass is 9.65. The van der Waals surface area contributed by atoms with Crippen molar-refractivity contribution in [1.29, 1.82) is 0 Å². The van der Waals surface area contributed by atoms with E-state index >= 15 is 0 Å². The summed E-state index contributed by atoms with van der Waals surface area (Å²) in [6, 6.07) is 8.30. The molecule has 0 aromatic carbocycles. The quantitative estimate of drug-likeness (QED) is 0.227. The first-order valence-corrected chi connectivity index (χ1v) is 16.1. The van der Waals surface area contributed by atoms with Gasteiger partial charge in [0.05, 0.1) is 29.9 Å². The van der Waals surface area contributed by atoms with Crippen molar-refractivity contribution in [3.8, 4) is 0 Å². The maximum atomic E-state index is 12.2. The standard InChI is InChI=1S/C39H42N4O4/c1-9-25-21(3)30-17-35-28-13-10-20(2)24(6)39(28,7)36(43-35)19-31-23(5)26(11-14-37(44)45)33(42-31)18-34-27(12-15-38(46)47-8)22(4)29(41-34)16-32(25)40-30/h9-10,13,16-19,24,41-42H,1,11-12,14-15H2,2-8H3,(H,44,45)/t24-,39-/m1/s1. The van der Waals surface area contributed by atoms with Gasteiger partial charge >= 0.3 is 11.9 Å². The van der Waals surface area contributed by atoms with Crippen molar-refractivity contribution >= 4 is 50.7 Å². The Morgan fingerprint density at radius 3 is 2.15 bits per heavy atom. The Kier molecular flexibility index (Phi) is 8.16. The maximum Gasteiger partial charge on any atom is 0.305 e. The van der Waals surface area contributed by atoms with Crippen LogP contribution in [0.2, 0.25) is 0 Å². The fraction of sp³-hybridized carbons (Fsp3) is 0.333. The Labute approximate surface area is 275 Å². The summed E-state index contributed by atoms with van der Waals surface area (Å²) in [6.07, 6.45) is 7.31. The number of nitrogens with one attached hydrogen (secondary N) is 2. The van der Waals surface area contributed by atoms with Crippen LogP contribution in [0.15, 0.2) is 54.6 Å². The van der Waals surface area contributed by atoms with Crippen LogP contribution < -0.4 is 0 Å². The summed E-state index contributed by atoms with van der Waals surface area (Å²) >= 11 is 0. The second kappa shape index (κ2) is 12.0. The summed E-state index contributed by atoms with van der Waals surface area (Å²) in [6.45, 7) is 16.9. The van der Waals surface area contributed by atoms with Gasteiger partial charge in [0.15, 0.2) is 0 Å². The molecule has 0 unspecified atom stereocenters. The van der Waals surface area contributed by atoms with Crippen LogP contribution in [-0.2, 0) is 32.6 Å². The van der Waals surface area contributed by atoms with Crippen LogP contribution in [-0.4, -0.2) is 44.1 Å². The highest BCUT2D eigenvalue weighted by atomic mass is 16.5. The molecular weight excluding hydrogens is 588 g/mol. The largest absolute Gasteiger partial charge is 0.481 e. The predicted octanol–water partition coefficient (Wildman–Crippen LogP) is 8.11. The first kappa shape index (κ1) is 32.0. The van der Waals surface area contributed by atoms with Crippen molar-refractivity contribution in [3.63, 3.8) is 0 Å². The summed E-state index contributed by atoms with van der Waals surface area (Å²) in [5.74, 6) is -0.927. The number of carbonyl (C=O) groups excluding carboxylic acids is 1.